The van der Waals surface area contributed by atoms with Crippen LogP contribution in [0.25, 0.3) is 11.1 Å². The third-order valence-electron chi connectivity index (χ3n) is 5.00. The molecule has 0 bridgehead atoms. The second kappa shape index (κ2) is 42.4. The fourth-order valence-corrected chi connectivity index (χ4v) is 3.27. The normalized spacial score (nSPS) is 14.8. The molecule has 0 spiro atoms. The number of carboxylic acids is 4. The van der Waals surface area contributed by atoms with Crippen molar-refractivity contribution in [3.8, 4) is 11.1 Å². The Kier molecular flexibility index (Phi) is 50.8. The molecule has 282 valence electrons. The van der Waals surface area contributed by atoms with E-state index in [9.17, 15) is 0 Å². The van der Waals surface area contributed by atoms with Crippen molar-refractivity contribution in [2.75, 3.05) is 0 Å². The van der Waals surface area contributed by atoms with Gasteiger partial charge in [0.15, 0.2) is 0 Å². The third-order valence-corrected chi connectivity index (χ3v) is 5.00. The smallest absolute Gasteiger partial charge is 0.550 e. The molecule has 22 heteroatoms. The molecule has 0 aliphatic heterocycles. The molecule has 2 heterocycles. The van der Waals surface area contributed by atoms with Crippen molar-refractivity contribution in [1.29, 1.82) is 0 Å². The largest absolute Gasteiger partial charge is 2.00 e. The predicted octanol–water partition coefficient (Wildman–Crippen LogP) is -2.24. The van der Waals surface area contributed by atoms with Gasteiger partial charge in [-0.25, -0.2) is 0 Å². The molecule has 2 aliphatic carbocycles. The molecule has 20 nitrogen and oxygen atoms in total. The molecule has 0 saturated heterocycles. The zero-order valence-electron chi connectivity index (χ0n) is 29.6. The molecule has 0 radical (unpaired) electrons. The first-order valence-electron chi connectivity index (χ1n) is 14.0. The van der Waals surface area contributed by atoms with Crippen molar-refractivity contribution < 1.29 is 110 Å². The Morgan fingerprint density at radius 1 is 0.481 bits per heavy atom. The van der Waals surface area contributed by atoms with Crippen LogP contribution in [0.15, 0.2) is 69.7 Å². The van der Waals surface area contributed by atoms with E-state index in [0.717, 1.165) is 79.1 Å². The number of aromatic nitrogens is 2. The van der Waals surface area contributed by atoms with Crippen LogP contribution in [0, 0.1) is 0 Å². The number of hydrogen-bond donors (Lipinski definition) is 4. The van der Waals surface area contributed by atoms with Gasteiger partial charge in [-0.3, -0.25) is 9.97 Å². The summed E-state index contributed by atoms with van der Waals surface area (Å²) in [6.07, 6.45) is 14.1. The Morgan fingerprint density at radius 3 is 0.769 bits per heavy atom. The SMILES string of the molecule is CC(=O)[O-].CC(=O)[O-].CC(=O)[O-].CC(=O)[O-].O/N=C1\CCCC\C1=N/O.O/N=C1\CCCC\C1=N/O.[OH3+].[OH3+].[Zn+2].[Zn+2].c1cc(-c2ccncc2)ccn1. The van der Waals surface area contributed by atoms with E-state index in [1.54, 1.807) is 24.8 Å². The van der Waals surface area contributed by atoms with Gasteiger partial charge in [0, 0.05) is 48.7 Å². The van der Waals surface area contributed by atoms with Crippen molar-refractivity contribution in [3.05, 3.63) is 49.1 Å². The maximum absolute atomic E-state index is 8.89. The molecule has 52 heavy (non-hydrogen) atoms. The fraction of sp³-hybridized carbons (Fsp3) is 0.400. The van der Waals surface area contributed by atoms with Crippen LogP contribution >= 0.6 is 0 Å². The summed E-state index contributed by atoms with van der Waals surface area (Å²) >= 11 is 0. The molecule has 0 unspecified atom stereocenters. The molecule has 2 aromatic rings. The van der Waals surface area contributed by atoms with Gasteiger partial charge in [-0.2, -0.15) is 0 Å². The molecule has 10 N–H and O–H groups in total. The number of oxime groups is 4. The van der Waals surface area contributed by atoms with Crippen LogP contribution in [0.5, 0.6) is 0 Å². The molecular formula is C30H46N6O14Zn2+2. The number of aliphatic carboxylic acids is 4. The molecule has 0 amide bonds. The maximum Gasteiger partial charge on any atom is 2.00 e. The van der Waals surface area contributed by atoms with Crippen LogP contribution in [-0.2, 0) is 69.1 Å². The molecule has 0 aromatic carbocycles. The average molecular weight is 846 g/mol. The van der Waals surface area contributed by atoms with E-state index < -0.39 is 23.9 Å². The maximum atomic E-state index is 8.89. The van der Waals surface area contributed by atoms with E-state index in [1.165, 1.54) is 11.1 Å². The summed E-state index contributed by atoms with van der Waals surface area (Å²) in [5.41, 5.74) is 4.44. The van der Waals surface area contributed by atoms with Crippen molar-refractivity contribution in [3.63, 3.8) is 0 Å². The van der Waals surface area contributed by atoms with Gasteiger partial charge in [0.1, 0.15) is 22.8 Å². The van der Waals surface area contributed by atoms with E-state index in [-0.39, 0.29) is 49.9 Å². The summed E-state index contributed by atoms with van der Waals surface area (Å²) in [4.78, 5) is 43.5. The Balaban J connectivity index is -0.0000000946. The quantitative estimate of drug-likeness (QED) is 0.102. The van der Waals surface area contributed by atoms with Gasteiger partial charge < -0.3 is 71.4 Å². The summed E-state index contributed by atoms with van der Waals surface area (Å²) in [5.74, 6) is -4.33. The molecule has 2 fully saturated rings. The van der Waals surface area contributed by atoms with Crippen LogP contribution in [0.2, 0.25) is 0 Å². The van der Waals surface area contributed by atoms with Crippen molar-refractivity contribution in [2.45, 2.75) is 79.1 Å². The molecule has 0 atom stereocenters. The first kappa shape index (κ1) is 62.4. The van der Waals surface area contributed by atoms with Crippen LogP contribution in [0.3, 0.4) is 0 Å². The summed E-state index contributed by atoms with van der Waals surface area (Å²) in [6, 6.07) is 7.93. The number of carboxylic acid groups (broad SMARTS) is 4. The molecule has 2 aromatic heterocycles. The standard InChI is InChI=1S/C10H8N2.2C6H10N2O2.4C2H4O2.2H2O.2Zn/c1-5-11-6-2-9(1)10-3-7-12-8-4-10;2*9-7-5-3-1-2-4-6(5)8-10;4*1-2(3)4;;;;/h1-8H;2*9-10H,1-4H2;4*1H3,(H,3,4);2*1H2;;/q;;;;;;;;;2*+2/p-2/b;2*7-5+,8-6+;;;;;;;;. The van der Waals surface area contributed by atoms with Crippen LogP contribution in [-0.4, -0.2) is 77.5 Å². The van der Waals surface area contributed by atoms with Gasteiger partial charge in [0.2, 0.25) is 0 Å². The van der Waals surface area contributed by atoms with Crippen molar-refractivity contribution in [1.82, 2.24) is 9.97 Å². The van der Waals surface area contributed by atoms with E-state index >= 15 is 0 Å². The first-order chi connectivity index (χ1) is 22.7. The minimum absolute atomic E-state index is 0. The number of hydrogen-bond acceptors (Lipinski definition) is 18. The second-order valence-electron chi connectivity index (χ2n) is 9.04. The minimum Gasteiger partial charge on any atom is -0.550 e. The number of pyridine rings is 2. The monoisotopic (exact) mass is 842 g/mol. The number of nitrogens with zero attached hydrogens (tertiary/aromatic N) is 6. The van der Waals surface area contributed by atoms with Gasteiger partial charge in [-0.15, -0.1) is 0 Å². The molecular weight excluding hydrogens is 799 g/mol. The molecule has 2 aliphatic rings. The van der Waals surface area contributed by atoms with E-state index in [2.05, 4.69) is 30.6 Å². The third kappa shape index (κ3) is 43.2. The Morgan fingerprint density at radius 2 is 0.635 bits per heavy atom. The van der Waals surface area contributed by atoms with Crippen molar-refractivity contribution in [2.24, 2.45) is 20.6 Å². The Hall–Kier alpha value is -4.77. The summed E-state index contributed by atoms with van der Waals surface area (Å²) in [5, 5.41) is 81.2. The van der Waals surface area contributed by atoms with Gasteiger partial charge in [0.25, 0.3) is 0 Å². The average Bonchev–Trinajstić information content (AvgIpc) is 3.05. The van der Waals surface area contributed by atoms with E-state index in [1.807, 2.05) is 24.3 Å². The summed E-state index contributed by atoms with van der Waals surface area (Å²) in [7, 11) is 0. The molecule has 4 rings (SSSR count). The fourth-order valence-electron chi connectivity index (χ4n) is 3.27. The number of carbonyl (C=O) groups excluding carboxylic acids is 4. The zero-order chi connectivity index (χ0) is 37.3. The summed E-state index contributed by atoms with van der Waals surface area (Å²) in [6.45, 7) is 3.89. The predicted molar refractivity (Wildman–Crippen MR) is 174 cm³/mol. The van der Waals surface area contributed by atoms with Gasteiger partial charge in [-0.1, -0.05) is 20.6 Å². The second-order valence-corrected chi connectivity index (χ2v) is 9.04. The minimum atomic E-state index is -1.08. The van der Waals surface area contributed by atoms with Crippen LogP contribution in [0.1, 0.15) is 79.1 Å². The van der Waals surface area contributed by atoms with E-state index in [0.29, 0.717) is 22.8 Å². The topological polar surface area (TPSA) is 383 Å². The molecule has 2 saturated carbocycles. The number of carbonyl (C=O) groups is 4. The number of rotatable bonds is 1. The van der Waals surface area contributed by atoms with Gasteiger partial charge in [-0.05, 0) is 114 Å². The zero-order valence-corrected chi connectivity index (χ0v) is 35.5. The summed E-state index contributed by atoms with van der Waals surface area (Å²) < 4.78 is 0. The van der Waals surface area contributed by atoms with Crippen LogP contribution in [0.4, 0.5) is 0 Å². The Labute approximate surface area is 325 Å². The van der Waals surface area contributed by atoms with Crippen molar-refractivity contribution >= 4 is 46.7 Å². The first-order valence-corrected chi connectivity index (χ1v) is 14.0. The van der Waals surface area contributed by atoms with Gasteiger partial charge in [0.05, 0.1) is 0 Å². The van der Waals surface area contributed by atoms with Crippen LogP contribution < -0.4 is 20.4 Å². The van der Waals surface area contributed by atoms with Gasteiger partial charge >= 0.3 is 39.0 Å². The van der Waals surface area contributed by atoms with E-state index in [4.69, 9.17) is 60.4 Å². The Bertz CT molecular complexity index is 1150.